The van der Waals surface area contributed by atoms with Gasteiger partial charge in [-0.05, 0) is 6.92 Å². The first-order valence-electron chi connectivity index (χ1n) is 6.34. The Kier molecular flexibility index (Phi) is 5.00. The molecule has 2 heterocycles. The summed E-state index contributed by atoms with van der Waals surface area (Å²) in [6, 6.07) is 0.539. The first kappa shape index (κ1) is 13.3. The number of hydrogen-bond donors (Lipinski definition) is 1. The lowest BCUT2D eigenvalue weighted by Gasteiger charge is -2.38. The molecule has 18 heavy (non-hydrogen) atoms. The highest BCUT2D eigenvalue weighted by molar-refractivity contribution is 7.13. The number of hydrogen-bond acceptors (Lipinski definition) is 5. The number of thiazole rings is 1. The van der Waals surface area contributed by atoms with Crippen LogP contribution in [0.15, 0.2) is 11.6 Å². The number of anilines is 1. The summed E-state index contributed by atoms with van der Waals surface area (Å²) in [4.78, 5) is 9.23. The van der Waals surface area contributed by atoms with Crippen LogP contribution in [0, 0.1) is 12.3 Å². The summed E-state index contributed by atoms with van der Waals surface area (Å²) in [7, 11) is 0. The fourth-order valence-electron chi connectivity index (χ4n) is 2.21. The first-order valence-corrected chi connectivity index (χ1v) is 7.22. The van der Waals surface area contributed by atoms with Crippen LogP contribution in [-0.2, 0) is 0 Å². The fourth-order valence-corrected chi connectivity index (χ4v) is 2.91. The molecule has 0 aliphatic carbocycles. The molecule has 0 spiro atoms. The van der Waals surface area contributed by atoms with E-state index in [0.29, 0.717) is 12.6 Å². The highest BCUT2D eigenvalue weighted by Crippen LogP contribution is 2.19. The van der Waals surface area contributed by atoms with Crippen molar-refractivity contribution in [3.63, 3.8) is 0 Å². The van der Waals surface area contributed by atoms with Crippen LogP contribution in [0.5, 0.6) is 0 Å². The van der Waals surface area contributed by atoms with E-state index in [1.807, 2.05) is 11.6 Å². The van der Waals surface area contributed by atoms with Crippen molar-refractivity contribution in [3.8, 4) is 12.3 Å². The van der Waals surface area contributed by atoms with Gasteiger partial charge in [-0.15, -0.1) is 17.8 Å². The molecule has 1 aromatic rings. The number of nitrogens with zero attached hydrogens (tertiary/aromatic N) is 3. The first-order chi connectivity index (χ1) is 8.81. The van der Waals surface area contributed by atoms with E-state index in [4.69, 9.17) is 6.42 Å². The minimum atomic E-state index is 0.539. The lowest BCUT2D eigenvalue weighted by molar-refractivity contribution is 0.194. The van der Waals surface area contributed by atoms with E-state index < -0.39 is 0 Å². The maximum atomic E-state index is 5.23. The molecule has 1 unspecified atom stereocenters. The van der Waals surface area contributed by atoms with E-state index in [1.165, 1.54) is 0 Å². The highest BCUT2D eigenvalue weighted by atomic mass is 32.1. The second-order valence-corrected chi connectivity index (χ2v) is 5.39. The van der Waals surface area contributed by atoms with Gasteiger partial charge in [0.2, 0.25) is 0 Å². The quantitative estimate of drug-likeness (QED) is 0.632. The van der Waals surface area contributed by atoms with Crippen molar-refractivity contribution in [2.24, 2.45) is 0 Å². The molecule has 0 saturated carbocycles. The van der Waals surface area contributed by atoms with Crippen molar-refractivity contribution in [1.82, 2.24) is 15.2 Å². The summed E-state index contributed by atoms with van der Waals surface area (Å²) in [5.74, 6) is 2.61. The summed E-state index contributed by atoms with van der Waals surface area (Å²) in [6.45, 7) is 8.18. The number of aromatic nitrogens is 1. The predicted octanol–water partition coefficient (Wildman–Crippen LogP) is 0.876. The zero-order chi connectivity index (χ0) is 12.8. The van der Waals surface area contributed by atoms with E-state index >= 15 is 0 Å². The van der Waals surface area contributed by atoms with Crippen LogP contribution in [0.4, 0.5) is 5.13 Å². The van der Waals surface area contributed by atoms with Gasteiger partial charge in [-0.3, -0.25) is 4.90 Å². The van der Waals surface area contributed by atoms with Crippen LogP contribution in [0.3, 0.4) is 0 Å². The molecule has 1 N–H and O–H groups in total. The second-order valence-electron chi connectivity index (χ2n) is 4.52. The largest absolute Gasteiger partial charge is 0.346 e. The molecule has 0 bridgehead atoms. The molecule has 1 aliphatic heterocycles. The summed E-state index contributed by atoms with van der Waals surface area (Å²) in [5, 5.41) is 6.45. The van der Waals surface area contributed by atoms with E-state index in [2.05, 4.69) is 32.9 Å². The number of piperazine rings is 1. The summed E-state index contributed by atoms with van der Waals surface area (Å²) in [5.41, 5.74) is 0. The molecule has 1 fully saturated rings. The number of nitrogens with one attached hydrogen (secondary N) is 1. The zero-order valence-electron chi connectivity index (χ0n) is 10.8. The van der Waals surface area contributed by atoms with Crippen LogP contribution in [-0.4, -0.2) is 55.2 Å². The van der Waals surface area contributed by atoms with E-state index in [1.54, 1.807) is 11.3 Å². The second kappa shape index (κ2) is 6.74. The van der Waals surface area contributed by atoms with Gasteiger partial charge in [0.1, 0.15) is 0 Å². The molecule has 0 amide bonds. The molecule has 1 atom stereocenters. The monoisotopic (exact) mass is 264 g/mol. The van der Waals surface area contributed by atoms with Crippen LogP contribution in [0.2, 0.25) is 0 Å². The van der Waals surface area contributed by atoms with Gasteiger partial charge in [0.15, 0.2) is 5.13 Å². The smallest absolute Gasteiger partial charge is 0.185 e. The molecule has 2 rings (SSSR count). The van der Waals surface area contributed by atoms with Crippen molar-refractivity contribution < 1.29 is 0 Å². The summed E-state index contributed by atoms with van der Waals surface area (Å²) >= 11 is 1.72. The zero-order valence-corrected chi connectivity index (χ0v) is 11.6. The Morgan fingerprint density at radius 1 is 1.50 bits per heavy atom. The Bertz CT molecular complexity index is 376. The van der Waals surface area contributed by atoms with Crippen molar-refractivity contribution in [2.45, 2.75) is 13.0 Å². The molecule has 0 radical (unpaired) electrons. The highest BCUT2D eigenvalue weighted by Gasteiger charge is 2.21. The van der Waals surface area contributed by atoms with Crippen LogP contribution < -0.4 is 10.2 Å². The maximum Gasteiger partial charge on any atom is 0.185 e. The van der Waals surface area contributed by atoms with E-state index in [-0.39, 0.29) is 0 Å². The average Bonchev–Trinajstić information content (AvgIpc) is 2.93. The fraction of sp³-hybridized carbons (Fsp3) is 0.615. The molecule has 1 aliphatic rings. The lowest BCUT2D eigenvalue weighted by Crippen LogP contribution is -2.52. The Hall–Kier alpha value is -1.09. The van der Waals surface area contributed by atoms with E-state index in [0.717, 1.165) is 37.9 Å². The van der Waals surface area contributed by atoms with Crippen molar-refractivity contribution in [1.29, 1.82) is 0 Å². The molecule has 4 nitrogen and oxygen atoms in total. The van der Waals surface area contributed by atoms with Crippen molar-refractivity contribution in [2.75, 3.05) is 44.2 Å². The predicted molar refractivity (Wildman–Crippen MR) is 77.1 cm³/mol. The van der Waals surface area contributed by atoms with Gasteiger partial charge >= 0.3 is 0 Å². The Balaban J connectivity index is 1.74. The summed E-state index contributed by atoms with van der Waals surface area (Å²) < 4.78 is 0. The third kappa shape index (κ3) is 3.45. The van der Waals surface area contributed by atoms with Gasteiger partial charge < -0.3 is 10.2 Å². The standard InChI is InChI=1S/C13H20N4S/c1-3-4-14-11-12(2)16-6-8-17(9-7-16)13-15-5-10-18-13/h1,5,10,12,14H,4,6-9,11H2,2H3. The van der Waals surface area contributed by atoms with Crippen LogP contribution in [0.25, 0.3) is 0 Å². The Morgan fingerprint density at radius 3 is 2.89 bits per heavy atom. The summed E-state index contributed by atoms with van der Waals surface area (Å²) in [6.07, 6.45) is 7.10. The van der Waals surface area contributed by atoms with Gasteiger partial charge in [-0.2, -0.15) is 0 Å². The van der Waals surface area contributed by atoms with Crippen molar-refractivity contribution >= 4 is 16.5 Å². The topological polar surface area (TPSA) is 31.4 Å². The minimum absolute atomic E-state index is 0.539. The van der Waals surface area contributed by atoms with Gasteiger partial charge in [0.25, 0.3) is 0 Å². The normalized spacial score (nSPS) is 18.6. The van der Waals surface area contributed by atoms with Gasteiger partial charge in [-0.1, -0.05) is 5.92 Å². The third-order valence-electron chi connectivity index (χ3n) is 3.29. The van der Waals surface area contributed by atoms with Crippen LogP contribution in [0.1, 0.15) is 6.92 Å². The molecule has 1 saturated heterocycles. The molecular weight excluding hydrogens is 244 g/mol. The minimum Gasteiger partial charge on any atom is -0.346 e. The molecule has 1 aromatic heterocycles. The van der Waals surface area contributed by atoms with E-state index in [9.17, 15) is 0 Å². The lowest BCUT2D eigenvalue weighted by atomic mass is 10.2. The third-order valence-corrected chi connectivity index (χ3v) is 4.13. The van der Waals surface area contributed by atoms with Gasteiger partial charge in [-0.25, -0.2) is 4.98 Å². The maximum absolute atomic E-state index is 5.23. The average molecular weight is 264 g/mol. The SMILES string of the molecule is C#CCNCC(C)N1CCN(c2nccs2)CC1. The molecule has 98 valence electrons. The molecule has 0 aromatic carbocycles. The van der Waals surface area contributed by atoms with Crippen molar-refractivity contribution in [3.05, 3.63) is 11.6 Å². The number of terminal acetylenes is 1. The van der Waals surface area contributed by atoms with Gasteiger partial charge in [0.05, 0.1) is 6.54 Å². The molecular formula is C13H20N4S. The Labute approximate surface area is 113 Å². The van der Waals surface area contributed by atoms with Gasteiger partial charge in [0, 0.05) is 50.3 Å². The molecule has 5 heteroatoms. The van der Waals surface area contributed by atoms with Crippen LogP contribution >= 0.6 is 11.3 Å². The number of rotatable bonds is 5. The Morgan fingerprint density at radius 2 is 2.28 bits per heavy atom.